The molecular weight excluding hydrogens is 354 g/mol. The van der Waals surface area contributed by atoms with E-state index in [1.54, 1.807) is 0 Å². The smallest absolute Gasteiger partial charge is 0.143 e. The van der Waals surface area contributed by atoms with Crippen molar-refractivity contribution in [3.8, 4) is 11.3 Å². The van der Waals surface area contributed by atoms with E-state index in [4.69, 9.17) is 4.98 Å². The Balaban J connectivity index is 1.89. The maximum Gasteiger partial charge on any atom is 0.143 e. The molecule has 0 unspecified atom stereocenters. The van der Waals surface area contributed by atoms with Gasteiger partial charge in [-0.15, -0.1) is 0 Å². The van der Waals surface area contributed by atoms with Gasteiger partial charge >= 0.3 is 0 Å². The largest absolute Gasteiger partial charge is 0.339 e. The Morgan fingerprint density at radius 2 is 1.48 bits per heavy atom. The molecular formula is C26H29N3. The fourth-order valence-corrected chi connectivity index (χ4v) is 3.73. The predicted molar refractivity (Wildman–Crippen MR) is 123 cm³/mol. The first kappa shape index (κ1) is 19.3. The number of para-hydroxylation sites is 1. The van der Waals surface area contributed by atoms with E-state index in [1.165, 1.54) is 22.3 Å². The molecule has 0 aliphatic heterocycles. The van der Waals surface area contributed by atoms with Crippen molar-refractivity contribution in [2.45, 2.75) is 47.0 Å². The summed E-state index contributed by atoms with van der Waals surface area (Å²) in [5.74, 6) is 1.00. The number of fused-ring (bicyclic) bond motifs is 1. The molecule has 0 saturated heterocycles. The van der Waals surface area contributed by atoms with Crippen LogP contribution in [0, 0.1) is 20.8 Å². The van der Waals surface area contributed by atoms with Gasteiger partial charge in [0, 0.05) is 17.4 Å². The number of imidazole rings is 1. The molecule has 3 heteroatoms. The molecule has 3 nitrogen and oxygen atoms in total. The Bertz CT molecular complexity index is 1160. The Kier molecular flexibility index (Phi) is 4.70. The van der Waals surface area contributed by atoms with Gasteiger partial charge in [-0.25, -0.2) is 4.98 Å². The van der Waals surface area contributed by atoms with Crippen LogP contribution in [0.2, 0.25) is 0 Å². The summed E-state index contributed by atoms with van der Waals surface area (Å²) in [7, 11) is 0. The van der Waals surface area contributed by atoms with E-state index < -0.39 is 0 Å². The summed E-state index contributed by atoms with van der Waals surface area (Å²) < 4.78 is 2.16. The first-order valence-corrected chi connectivity index (χ1v) is 10.2. The molecule has 2 aromatic heterocycles. The van der Waals surface area contributed by atoms with Crippen LogP contribution in [-0.4, -0.2) is 9.38 Å². The molecule has 0 fully saturated rings. The van der Waals surface area contributed by atoms with Crippen molar-refractivity contribution < 1.29 is 0 Å². The highest BCUT2D eigenvalue weighted by atomic mass is 15.1. The molecule has 4 aromatic rings. The number of aryl methyl sites for hydroxylation is 3. The topological polar surface area (TPSA) is 29.3 Å². The zero-order valence-electron chi connectivity index (χ0n) is 18.2. The lowest BCUT2D eigenvalue weighted by molar-refractivity contribution is 0.590. The van der Waals surface area contributed by atoms with Crippen molar-refractivity contribution >= 4 is 17.2 Å². The zero-order valence-corrected chi connectivity index (χ0v) is 18.2. The van der Waals surface area contributed by atoms with Gasteiger partial charge in [0.25, 0.3) is 0 Å². The normalized spacial score (nSPS) is 11.8. The maximum absolute atomic E-state index is 4.97. The molecule has 2 heterocycles. The predicted octanol–water partition coefficient (Wildman–Crippen LogP) is 6.97. The fraction of sp³-hybridized carbons (Fsp3) is 0.269. The van der Waals surface area contributed by atoms with E-state index >= 15 is 0 Å². The standard InChI is InChI=1S/C26H29N3/c1-17-10-15-22-27-24(20-11-13-21(14-12-20)26(4,5)6)25(29(22)16-17)28-23-18(2)8-7-9-19(23)3/h7-16,28H,1-6H3. The zero-order chi connectivity index (χ0) is 20.8. The van der Waals surface area contributed by atoms with E-state index in [2.05, 4.69) is 112 Å². The molecule has 0 saturated carbocycles. The van der Waals surface area contributed by atoms with Gasteiger partial charge in [0.2, 0.25) is 0 Å². The molecule has 4 rings (SSSR count). The Morgan fingerprint density at radius 3 is 2.10 bits per heavy atom. The monoisotopic (exact) mass is 383 g/mol. The van der Waals surface area contributed by atoms with Gasteiger partial charge in [0.05, 0.1) is 0 Å². The van der Waals surface area contributed by atoms with Crippen LogP contribution in [0.1, 0.15) is 43.0 Å². The van der Waals surface area contributed by atoms with Crippen LogP contribution < -0.4 is 5.32 Å². The number of hydrogen-bond acceptors (Lipinski definition) is 2. The third-order valence-electron chi connectivity index (χ3n) is 5.52. The summed E-state index contributed by atoms with van der Waals surface area (Å²) in [6, 6.07) is 19.4. The van der Waals surface area contributed by atoms with Crippen LogP contribution in [0.4, 0.5) is 11.5 Å². The molecule has 0 radical (unpaired) electrons. The number of pyridine rings is 1. The van der Waals surface area contributed by atoms with Crippen LogP contribution in [-0.2, 0) is 5.41 Å². The lowest BCUT2D eigenvalue weighted by Crippen LogP contribution is -2.10. The minimum Gasteiger partial charge on any atom is -0.339 e. The number of aromatic nitrogens is 2. The average Bonchev–Trinajstić information content (AvgIpc) is 3.02. The van der Waals surface area contributed by atoms with Crippen LogP contribution in [0.15, 0.2) is 60.8 Å². The Labute approximate surface area is 173 Å². The van der Waals surface area contributed by atoms with Crippen molar-refractivity contribution in [2.24, 2.45) is 0 Å². The lowest BCUT2D eigenvalue weighted by atomic mass is 9.86. The average molecular weight is 384 g/mol. The van der Waals surface area contributed by atoms with Crippen LogP contribution in [0.5, 0.6) is 0 Å². The highest BCUT2D eigenvalue weighted by Gasteiger charge is 2.18. The highest BCUT2D eigenvalue weighted by molar-refractivity contribution is 5.81. The quantitative estimate of drug-likeness (QED) is 0.414. The number of rotatable bonds is 3. The number of hydrogen-bond donors (Lipinski definition) is 1. The summed E-state index contributed by atoms with van der Waals surface area (Å²) in [5.41, 5.74) is 9.28. The fourth-order valence-electron chi connectivity index (χ4n) is 3.73. The minimum absolute atomic E-state index is 0.133. The minimum atomic E-state index is 0.133. The van der Waals surface area contributed by atoms with Gasteiger partial charge in [0.1, 0.15) is 17.2 Å². The summed E-state index contributed by atoms with van der Waals surface area (Å²) in [6.07, 6.45) is 2.14. The highest BCUT2D eigenvalue weighted by Crippen LogP contribution is 2.34. The van der Waals surface area contributed by atoms with Crippen LogP contribution in [0.3, 0.4) is 0 Å². The van der Waals surface area contributed by atoms with E-state index in [9.17, 15) is 0 Å². The summed E-state index contributed by atoms with van der Waals surface area (Å²) >= 11 is 0. The first-order valence-electron chi connectivity index (χ1n) is 10.2. The van der Waals surface area contributed by atoms with Crippen molar-refractivity contribution in [1.29, 1.82) is 0 Å². The lowest BCUT2D eigenvalue weighted by Gasteiger charge is -2.19. The number of anilines is 2. The van der Waals surface area contributed by atoms with Gasteiger partial charge < -0.3 is 5.32 Å². The van der Waals surface area contributed by atoms with Gasteiger partial charge in [-0.05, 0) is 54.5 Å². The summed E-state index contributed by atoms with van der Waals surface area (Å²) in [4.78, 5) is 4.97. The maximum atomic E-state index is 4.97. The van der Waals surface area contributed by atoms with E-state index in [1.807, 2.05) is 0 Å². The van der Waals surface area contributed by atoms with Gasteiger partial charge in [-0.2, -0.15) is 0 Å². The molecule has 148 valence electrons. The number of nitrogens with one attached hydrogen (secondary N) is 1. The second kappa shape index (κ2) is 7.07. The molecule has 0 aliphatic rings. The third kappa shape index (κ3) is 3.65. The molecule has 0 aliphatic carbocycles. The second-order valence-electron chi connectivity index (χ2n) is 8.96. The van der Waals surface area contributed by atoms with E-state index in [-0.39, 0.29) is 5.41 Å². The number of benzene rings is 2. The van der Waals surface area contributed by atoms with Crippen molar-refractivity contribution in [3.05, 3.63) is 83.0 Å². The van der Waals surface area contributed by atoms with Crippen molar-refractivity contribution in [2.75, 3.05) is 5.32 Å². The van der Waals surface area contributed by atoms with Gasteiger partial charge in [-0.1, -0.05) is 69.3 Å². The van der Waals surface area contributed by atoms with Crippen molar-refractivity contribution in [1.82, 2.24) is 9.38 Å². The number of nitrogens with zero attached hydrogens (tertiary/aromatic N) is 2. The molecule has 0 atom stereocenters. The molecule has 29 heavy (non-hydrogen) atoms. The first-order chi connectivity index (χ1) is 13.7. The molecule has 0 bridgehead atoms. The Morgan fingerprint density at radius 1 is 0.828 bits per heavy atom. The SMILES string of the molecule is Cc1ccc2nc(-c3ccc(C(C)(C)C)cc3)c(Nc3c(C)cccc3C)n2c1. The second-order valence-corrected chi connectivity index (χ2v) is 8.96. The van der Waals surface area contributed by atoms with E-state index in [0.29, 0.717) is 0 Å². The van der Waals surface area contributed by atoms with Crippen LogP contribution in [0.25, 0.3) is 16.9 Å². The van der Waals surface area contributed by atoms with Crippen LogP contribution >= 0.6 is 0 Å². The van der Waals surface area contributed by atoms with Crippen molar-refractivity contribution in [3.63, 3.8) is 0 Å². The van der Waals surface area contributed by atoms with Gasteiger partial charge in [-0.3, -0.25) is 4.40 Å². The Hall–Kier alpha value is -3.07. The summed E-state index contributed by atoms with van der Waals surface area (Å²) in [5, 5.41) is 3.70. The van der Waals surface area contributed by atoms with E-state index in [0.717, 1.165) is 28.4 Å². The molecule has 0 spiro atoms. The summed E-state index contributed by atoms with van der Waals surface area (Å²) in [6.45, 7) is 13.1. The molecule has 2 aromatic carbocycles. The van der Waals surface area contributed by atoms with Gasteiger partial charge in [0.15, 0.2) is 0 Å². The molecule has 0 amide bonds. The third-order valence-corrected chi connectivity index (χ3v) is 5.52. The molecule has 1 N–H and O–H groups in total.